The molecule has 4 rings (SSSR count). The van der Waals surface area contributed by atoms with E-state index < -0.39 is 10.0 Å². The number of imidazole rings is 1. The number of aryl methyl sites for hydroxylation is 2. The number of rotatable bonds is 9. The van der Waals surface area contributed by atoms with Gasteiger partial charge in [-0.05, 0) is 56.2 Å². The van der Waals surface area contributed by atoms with Gasteiger partial charge < -0.3 is 14.8 Å². The van der Waals surface area contributed by atoms with Gasteiger partial charge in [-0.1, -0.05) is 19.1 Å². The Kier molecular flexibility index (Phi) is 6.90. The molecule has 2 heterocycles. The largest absolute Gasteiger partial charge is 0.508 e. The number of hydrogen-bond donors (Lipinski definition) is 3. The number of sulfonamides is 1. The summed E-state index contributed by atoms with van der Waals surface area (Å²) in [7, 11) is -3.92. The van der Waals surface area contributed by atoms with Crippen LogP contribution in [0.1, 0.15) is 37.4 Å². The smallest absolute Gasteiger partial charge is 0.277 e. The molecule has 2 aromatic carbocycles. The molecule has 0 spiro atoms. The summed E-state index contributed by atoms with van der Waals surface area (Å²) in [6.45, 7) is 5.91. The van der Waals surface area contributed by atoms with Gasteiger partial charge in [-0.3, -0.25) is 4.79 Å². The Morgan fingerprint density at radius 1 is 1.17 bits per heavy atom. The normalized spacial score (nSPS) is 11.7. The number of nitrogens with zero attached hydrogens (tertiary/aromatic N) is 3. The molecule has 11 heteroatoms. The van der Waals surface area contributed by atoms with E-state index in [9.17, 15) is 18.3 Å². The quantitative estimate of drug-likeness (QED) is 0.323. The molecule has 0 atom stereocenters. The van der Waals surface area contributed by atoms with Crippen molar-refractivity contribution in [2.75, 3.05) is 6.61 Å². The van der Waals surface area contributed by atoms with Crippen LogP contribution in [0, 0.1) is 6.92 Å². The van der Waals surface area contributed by atoms with Gasteiger partial charge in [0.2, 0.25) is 10.0 Å². The number of fused-ring (bicyclic) bond motifs is 1. The van der Waals surface area contributed by atoms with E-state index in [1.165, 1.54) is 34.8 Å². The lowest BCUT2D eigenvalue weighted by atomic mass is 10.2. The number of H-pyrrole nitrogens is 1. The second-order valence-corrected chi connectivity index (χ2v) is 9.78. The van der Waals surface area contributed by atoms with Crippen molar-refractivity contribution in [1.29, 1.82) is 0 Å². The number of hydrogen-bond acceptors (Lipinski definition) is 7. The minimum absolute atomic E-state index is 0.00495. The molecule has 0 amide bonds. The van der Waals surface area contributed by atoms with Crippen LogP contribution in [0.15, 0.2) is 52.2 Å². The molecular weight excluding hydrogens is 470 g/mol. The van der Waals surface area contributed by atoms with Gasteiger partial charge in [0.15, 0.2) is 11.3 Å². The van der Waals surface area contributed by atoms with Crippen LogP contribution in [-0.2, 0) is 23.0 Å². The van der Waals surface area contributed by atoms with Crippen LogP contribution in [0.3, 0.4) is 0 Å². The molecule has 4 aromatic rings. The van der Waals surface area contributed by atoms with Crippen molar-refractivity contribution in [3.05, 3.63) is 69.9 Å². The molecule has 2 aromatic heterocycles. The Labute approximate surface area is 202 Å². The molecule has 0 saturated carbocycles. The van der Waals surface area contributed by atoms with Crippen LogP contribution < -0.4 is 15.0 Å². The minimum atomic E-state index is -3.92. The summed E-state index contributed by atoms with van der Waals surface area (Å²) in [4.78, 5) is 20.1. The molecule has 184 valence electrons. The van der Waals surface area contributed by atoms with E-state index in [1.54, 1.807) is 19.1 Å². The Balaban J connectivity index is 1.78. The van der Waals surface area contributed by atoms with Crippen LogP contribution in [0.25, 0.3) is 16.9 Å². The number of ether oxygens (including phenoxy) is 1. The summed E-state index contributed by atoms with van der Waals surface area (Å²) in [5.74, 6) is 1.26. The highest BCUT2D eigenvalue weighted by atomic mass is 32.2. The van der Waals surface area contributed by atoms with Crippen LogP contribution in [0.2, 0.25) is 0 Å². The highest BCUT2D eigenvalue weighted by molar-refractivity contribution is 7.89. The number of phenols is 1. The first-order chi connectivity index (χ1) is 16.7. The van der Waals surface area contributed by atoms with Crippen molar-refractivity contribution in [3.8, 4) is 22.9 Å². The fourth-order valence-electron chi connectivity index (χ4n) is 3.81. The highest BCUT2D eigenvalue weighted by Crippen LogP contribution is 2.30. The third-order valence-electron chi connectivity index (χ3n) is 5.41. The molecule has 0 bridgehead atoms. The van der Waals surface area contributed by atoms with Crippen molar-refractivity contribution >= 4 is 15.5 Å². The zero-order chi connectivity index (χ0) is 25.2. The van der Waals surface area contributed by atoms with E-state index in [1.807, 2.05) is 13.8 Å². The van der Waals surface area contributed by atoms with Crippen molar-refractivity contribution in [2.24, 2.45) is 0 Å². The van der Waals surface area contributed by atoms with Gasteiger partial charge >= 0.3 is 0 Å². The molecule has 0 aliphatic carbocycles. The second kappa shape index (κ2) is 9.88. The van der Waals surface area contributed by atoms with E-state index in [2.05, 4.69) is 19.8 Å². The maximum absolute atomic E-state index is 13.0. The average molecular weight is 498 g/mol. The monoisotopic (exact) mass is 497 g/mol. The number of aromatic nitrogens is 4. The standard InChI is InChI=1S/C24H27N5O5S/c1-4-7-21-26-15(3)22-24(31)27-23(28-29(21)22)19-13-18(10-11-20(19)34-5-2)35(32,33)25-14-16-8-6-9-17(30)12-16/h6,8-13,25,30H,4-5,7,14H2,1-3H3,(H,27,28,31). The second-order valence-electron chi connectivity index (χ2n) is 8.01. The number of aromatic amines is 1. The molecule has 3 N–H and O–H groups in total. The minimum Gasteiger partial charge on any atom is -0.508 e. The maximum atomic E-state index is 13.0. The lowest BCUT2D eigenvalue weighted by molar-refractivity contribution is 0.341. The van der Waals surface area contributed by atoms with Gasteiger partial charge in [-0.15, -0.1) is 5.10 Å². The topological polar surface area (TPSA) is 139 Å². The van der Waals surface area contributed by atoms with Crippen molar-refractivity contribution < 1.29 is 18.3 Å². The fraction of sp³-hybridized carbons (Fsp3) is 0.292. The van der Waals surface area contributed by atoms with Gasteiger partial charge in [0.05, 0.1) is 22.8 Å². The van der Waals surface area contributed by atoms with Crippen LogP contribution in [0.5, 0.6) is 11.5 Å². The molecule has 10 nitrogen and oxygen atoms in total. The molecule has 35 heavy (non-hydrogen) atoms. The summed E-state index contributed by atoms with van der Waals surface area (Å²) in [6, 6.07) is 10.7. The number of aromatic hydroxyl groups is 1. The SMILES string of the molecule is CCCc1nc(C)c2c(=O)[nH]c(-c3cc(S(=O)(=O)NCc4cccc(O)c4)ccc3OCC)nn12. The average Bonchev–Trinajstić information content (AvgIpc) is 3.14. The predicted molar refractivity (Wildman–Crippen MR) is 131 cm³/mol. The molecule has 0 aliphatic heterocycles. The van der Waals surface area contributed by atoms with E-state index in [0.717, 1.165) is 6.42 Å². The van der Waals surface area contributed by atoms with Gasteiger partial charge in [-0.25, -0.2) is 22.6 Å². The first-order valence-corrected chi connectivity index (χ1v) is 12.7. The molecule has 0 fully saturated rings. The predicted octanol–water partition coefficient (Wildman–Crippen LogP) is 2.93. The zero-order valence-corrected chi connectivity index (χ0v) is 20.5. The van der Waals surface area contributed by atoms with Crippen LogP contribution in [-0.4, -0.2) is 39.7 Å². The van der Waals surface area contributed by atoms with Gasteiger partial charge in [0, 0.05) is 13.0 Å². The summed E-state index contributed by atoms with van der Waals surface area (Å²) < 4.78 is 35.8. The van der Waals surface area contributed by atoms with Crippen molar-refractivity contribution in [1.82, 2.24) is 24.3 Å². The van der Waals surface area contributed by atoms with Crippen LogP contribution in [0.4, 0.5) is 0 Å². The Morgan fingerprint density at radius 2 is 1.97 bits per heavy atom. The van der Waals surface area contributed by atoms with E-state index in [0.29, 0.717) is 46.9 Å². The first-order valence-electron chi connectivity index (χ1n) is 11.3. The van der Waals surface area contributed by atoms with Crippen molar-refractivity contribution in [2.45, 2.75) is 45.1 Å². The Morgan fingerprint density at radius 3 is 2.69 bits per heavy atom. The van der Waals surface area contributed by atoms with Gasteiger partial charge in [0.1, 0.15) is 17.3 Å². The number of nitrogens with one attached hydrogen (secondary N) is 2. The summed E-state index contributed by atoms with van der Waals surface area (Å²) in [5, 5.41) is 14.2. The summed E-state index contributed by atoms with van der Waals surface area (Å²) >= 11 is 0. The summed E-state index contributed by atoms with van der Waals surface area (Å²) in [6.07, 6.45) is 1.46. The van der Waals surface area contributed by atoms with E-state index >= 15 is 0 Å². The molecular formula is C24H27N5O5S. The maximum Gasteiger partial charge on any atom is 0.277 e. The van der Waals surface area contributed by atoms with E-state index in [4.69, 9.17) is 4.74 Å². The van der Waals surface area contributed by atoms with Gasteiger partial charge in [-0.2, -0.15) is 0 Å². The zero-order valence-electron chi connectivity index (χ0n) is 19.7. The molecule has 0 saturated heterocycles. The Hall–Kier alpha value is -3.70. The lowest BCUT2D eigenvalue weighted by Gasteiger charge is -2.13. The Bertz CT molecular complexity index is 1540. The number of phenolic OH excluding ortho intramolecular Hbond substituents is 1. The number of benzene rings is 2. The molecule has 0 radical (unpaired) electrons. The molecule has 0 aliphatic rings. The fourth-order valence-corrected chi connectivity index (χ4v) is 4.86. The first kappa shape index (κ1) is 24.4. The van der Waals surface area contributed by atoms with E-state index in [-0.39, 0.29) is 28.6 Å². The highest BCUT2D eigenvalue weighted by Gasteiger charge is 2.21. The summed E-state index contributed by atoms with van der Waals surface area (Å²) in [5.41, 5.74) is 1.49. The van der Waals surface area contributed by atoms with Crippen LogP contribution >= 0.6 is 0 Å². The molecule has 0 unspecified atom stereocenters. The lowest BCUT2D eigenvalue weighted by Crippen LogP contribution is -2.23. The van der Waals surface area contributed by atoms with Crippen molar-refractivity contribution in [3.63, 3.8) is 0 Å². The van der Waals surface area contributed by atoms with Gasteiger partial charge in [0.25, 0.3) is 5.56 Å². The third kappa shape index (κ3) is 5.05. The third-order valence-corrected chi connectivity index (χ3v) is 6.81.